The summed E-state index contributed by atoms with van der Waals surface area (Å²) in [4.78, 5) is 23.8. The molecule has 0 aromatic carbocycles. The van der Waals surface area contributed by atoms with Crippen molar-refractivity contribution in [3.8, 4) is 0 Å². The standard InChI is InChI=1S/C11H21N3O2/c1-14(9-5-6-9)11(16)8-13-7-3-2-4-10(12)15/h9,13H,2-8H2,1H3,(H2,12,15). The Morgan fingerprint density at radius 3 is 2.62 bits per heavy atom. The fourth-order valence-electron chi connectivity index (χ4n) is 1.53. The third-order valence-electron chi connectivity index (χ3n) is 2.79. The lowest BCUT2D eigenvalue weighted by molar-refractivity contribution is -0.129. The number of hydrogen-bond donors (Lipinski definition) is 2. The van der Waals surface area contributed by atoms with Crippen LogP contribution in [0.3, 0.4) is 0 Å². The van der Waals surface area contributed by atoms with Crippen LogP contribution < -0.4 is 11.1 Å². The molecule has 1 rings (SSSR count). The summed E-state index contributed by atoms with van der Waals surface area (Å²) in [5, 5.41) is 3.08. The van der Waals surface area contributed by atoms with Gasteiger partial charge in [-0.15, -0.1) is 0 Å². The second-order valence-corrected chi connectivity index (χ2v) is 4.34. The van der Waals surface area contributed by atoms with Crippen molar-refractivity contribution in [2.75, 3.05) is 20.1 Å². The van der Waals surface area contributed by atoms with Crippen LogP contribution in [-0.4, -0.2) is 42.9 Å². The van der Waals surface area contributed by atoms with Crippen LogP contribution in [0.2, 0.25) is 0 Å². The van der Waals surface area contributed by atoms with Gasteiger partial charge in [0.15, 0.2) is 0 Å². The van der Waals surface area contributed by atoms with Gasteiger partial charge < -0.3 is 16.0 Å². The smallest absolute Gasteiger partial charge is 0.236 e. The molecule has 1 aliphatic carbocycles. The number of rotatable bonds is 8. The summed E-state index contributed by atoms with van der Waals surface area (Å²) < 4.78 is 0. The number of nitrogens with two attached hydrogens (primary N) is 1. The zero-order valence-electron chi connectivity index (χ0n) is 9.87. The third-order valence-corrected chi connectivity index (χ3v) is 2.79. The molecule has 1 aliphatic rings. The van der Waals surface area contributed by atoms with E-state index in [1.807, 2.05) is 11.9 Å². The highest BCUT2D eigenvalue weighted by molar-refractivity contribution is 5.78. The molecule has 0 unspecified atom stereocenters. The van der Waals surface area contributed by atoms with E-state index in [1.54, 1.807) is 0 Å². The minimum atomic E-state index is -0.260. The molecule has 0 radical (unpaired) electrons. The molecule has 92 valence electrons. The van der Waals surface area contributed by atoms with Crippen LogP contribution in [0.4, 0.5) is 0 Å². The van der Waals surface area contributed by atoms with E-state index in [4.69, 9.17) is 5.73 Å². The Bertz CT molecular complexity index is 252. The number of primary amides is 1. The third kappa shape index (κ3) is 5.11. The normalized spacial score (nSPS) is 14.8. The van der Waals surface area contributed by atoms with Crippen molar-refractivity contribution in [3.63, 3.8) is 0 Å². The van der Waals surface area contributed by atoms with Crippen molar-refractivity contribution >= 4 is 11.8 Å². The fourth-order valence-corrected chi connectivity index (χ4v) is 1.53. The fraction of sp³-hybridized carbons (Fsp3) is 0.818. The van der Waals surface area contributed by atoms with Gasteiger partial charge in [0.1, 0.15) is 0 Å². The van der Waals surface area contributed by atoms with Gasteiger partial charge >= 0.3 is 0 Å². The quantitative estimate of drug-likeness (QED) is 0.566. The van der Waals surface area contributed by atoms with E-state index in [2.05, 4.69) is 5.32 Å². The second-order valence-electron chi connectivity index (χ2n) is 4.34. The molecule has 0 aliphatic heterocycles. The van der Waals surface area contributed by atoms with Crippen molar-refractivity contribution in [1.82, 2.24) is 10.2 Å². The average molecular weight is 227 g/mol. The molecule has 1 fully saturated rings. The first-order valence-corrected chi connectivity index (χ1v) is 5.86. The molecule has 2 amide bonds. The highest BCUT2D eigenvalue weighted by atomic mass is 16.2. The molecule has 0 atom stereocenters. The maximum absolute atomic E-state index is 11.6. The lowest BCUT2D eigenvalue weighted by atomic mass is 10.2. The van der Waals surface area contributed by atoms with Gasteiger partial charge in [-0.05, 0) is 32.2 Å². The lowest BCUT2D eigenvalue weighted by Gasteiger charge is -2.16. The first-order valence-electron chi connectivity index (χ1n) is 5.86. The Morgan fingerprint density at radius 2 is 2.06 bits per heavy atom. The minimum absolute atomic E-state index is 0.150. The SMILES string of the molecule is CN(C(=O)CNCCCCC(N)=O)C1CC1. The molecule has 5 heteroatoms. The summed E-state index contributed by atoms with van der Waals surface area (Å²) in [6.07, 6.45) is 4.37. The van der Waals surface area contributed by atoms with Crippen molar-refractivity contribution in [1.29, 1.82) is 0 Å². The van der Waals surface area contributed by atoms with Gasteiger partial charge in [0, 0.05) is 19.5 Å². The molecule has 0 saturated heterocycles. The lowest BCUT2D eigenvalue weighted by Crippen LogP contribution is -2.37. The average Bonchev–Trinajstić information content (AvgIpc) is 3.05. The van der Waals surface area contributed by atoms with Crippen LogP contribution in [-0.2, 0) is 9.59 Å². The van der Waals surface area contributed by atoms with Gasteiger partial charge in [-0.1, -0.05) is 0 Å². The molecule has 5 nitrogen and oxygen atoms in total. The molecule has 0 spiro atoms. The van der Waals surface area contributed by atoms with Gasteiger partial charge in [0.05, 0.1) is 6.54 Å². The Kier molecular flexibility index (Phi) is 5.25. The van der Waals surface area contributed by atoms with Crippen LogP contribution in [0.15, 0.2) is 0 Å². The molecule has 0 aromatic rings. The number of likely N-dealkylation sites (N-methyl/N-ethyl adjacent to an activating group) is 1. The van der Waals surface area contributed by atoms with E-state index < -0.39 is 0 Å². The van der Waals surface area contributed by atoms with Crippen LogP contribution in [0.1, 0.15) is 32.1 Å². The molecule has 0 bridgehead atoms. The Morgan fingerprint density at radius 1 is 1.38 bits per heavy atom. The molecular weight excluding hydrogens is 206 g/mol. The Balaban J connectivity index is 1.93. The molecule has 3 N–H and O–H groups in total. The predicted octanol–water partition coefficient (Wildman–Crippen LogP) is -0.148. The van der Waals surface area contributed by atoms with Gasteiger partial charge in [-0.2, -0.15) is 0 Å². The summed E-state index contributed by atoms with van der Waals surface area (Å²) in [6, 6.07) is 0.476. The number of hydrogen-bond acceptors (Lipinski definition) is 3. The van der Waals surface area contributed by atoms with Gasteiger partial charge in [-0.3, -0.25) is 9.59 Å². The zero-order chi connectivity index (χ0) is 12.0. The van der Waals surface area contributed by atoms with Crippen molar-refractivity contribution in [3.05, 3.63) is 0 Å². The van der Waals surface area contributed by atoms with Gasteiger partial charge in [0.2, 0.25) is 11.8 Å². The first kappa shape index (κ1) is 13.0. The summed E-state index contributed by atoms with van der Waals surface area (Å²) in [6.45, 7) is 1.15. The number of carbonyl (C=O) groups excluding carboxylic acids is 2. The van der Waals surface area contributed by atoms with E-state index in [-0.39, 0.29) is 11.8 Å². The first-order chi connectivity index (χ1) is 7.61. The van der Waals surface area contributed by atoms with E-state index in [0.717, 1.165) is 32.2 Å². The van der Waals surface area contributed by atoms with E-state index in [1.165, 1.54) is 0 Å². The van der Waals surface area contributed by atoms with Crippen molar-refractivity contribution in [2.24, 2.45) is 5.73 Å². The molecular formula is C11H21N3O2. The Hall–Kier alpha value is -1.10. The predicted molar refractivity (Wildman–Crippen MR) is 61.7 cm³/mol. The maximum Gasteiger partial charge on any atom is 0.236 e. The summed E-state index contributed by atoms with van der Waals surface area (Å²) in [5.74, 6) is -0.109. The number of unbranched alkanes of at least 4 members (excludes halogenated alkanes) is 1. The largest absolute Gasteiger partial charge is 0.370 e. The molecule has 1 saturated carbocycles. The van der Waals surface area contributed by atoms with Gasteiger partial charge in [-0.25, -0.2) is 0 Å². The summed E-state index contributed by atoms with van der Waals surface area (Å²) in [7, 11) is 1.86. The van der Waals surface area contributed by atoms with Crippen LogP contribution in [0, 0.1) is 0 Å². The topological polar surface area (TPSA) is 75.4 Å². The molecule has 16 heavy (non-hydrogen) atoms. The number of nitrogens with zero attached hydrogens (tertiary/aromatic N) is 1. The number of carbonyl (C=O) groups is 2. The summed E-state index contributed by atoms with van der Waals surface area (Å²) in [5.41, 5.74) is 5.02. The van der Waals surface area contributed by atoms with Crippen LogP contribution in [0.5, 0.6) is 0 Å². The van der Waals surface area contributed by atoms with E-state index in [0.29, 0.717) is 19.0 Å². The minimum Gasteiger partial charge on any atom is -0.370 e. The second kappa shape index (κ2) is 6.48. The van der Waals surface area contributed by atoms with E-state index in [9.17, 15) is 9.59 Å². The zero-order valence-corrected chi connectivity index (χ0v) is 9.87. The van der Waals surface area contributed by atoms with Crippen molar-refractivity contribution in [2.45, 2.75) is 38.1 Å². The van der Waals surface area contributed by atoms with Crippen molar-refractivity contribution < 1.29 is 9.59 Å². The van der Waals surface area contributed by atoms with Crippen LogP contribution in [0.25, 0.3) is 0 Å². The van der Waals surface area contributed by atoms with Crippen LogP contribution >= 0.6 is 0 Å². The Labute approximate surface area is 96.4 Å². The van der Waals surface area contributed by atoms with E-state index >= 15 is 0 Å². The van der Waals surface area contributed by atoms with Gasteiger partial charge in [0.25, 0.3) is 0 Å². The number of amides is 2. The maximum atomic E-state index is 11.6. The number of nitrogens with one attached hydrogen (secondary N) is 1. The monoisotopic (exact) mass is 227 g/mol. The molecule has 0 aromatic heterocycles. The highest BCUT2D eigenvalue weighted by Gasteiger charge is 2.28. The summed E-state index contributed by atoms with van der Waals surface area (Å²) >= 11 is 0. The highest BCUT2D eigenvalue weighted by Crippen LogP contribution is 2.24. The molecule has 0 heterocycles.